The van der Waals surface area contributed by atoms with Gasteiger partial charge in [-0.2, -0.15) is 5.10 Å². The molecule has 2 aromatic heterocycles. The molecule has 0 fully saturated rings. The largest absolute Gasteiger partial charge is 0.488 e. The molecule has 0 aromatic carbocycles. The third kappa shape index (κ3) is 4.38. The summed E-state index contributed by atoms with van der Waals surface area (Å²) in [5.74, 6) is 0.458. The number of carbonyl (C=O) groups is 1. The first kappa shape index (κ1) is 16.6. The van der Waals surface area contributed by atoms with Crippen LogP contribution in [0.4, 0.5) is 4.79 Å². The Morgan fingerprint density at radius 1 is 1.41 bits per heavy atom. The van der Waals surface area contributed by atoms with E-state index in [2.05, 4.69) is 15.4 Å². The van der Waals surface area contributed by atoms with E-state index in [4.69, 9.17) is 32.7 Å². The second-order valence-corrected chi connectivity index (χ2v) is 6.18. The van der Waals surface area contributed by atoms with Gasteiger partial charge in [0.15, 0.2) is 10.9 Å². The molecule has 120 valence electrons. The Labute approximate surface area is 137 Å². The van der Waals surface area contributed by atoms with Crippen molar-refractivity contribution in [2.24, 2.45) is 0 Å². The summed E-state index contributed by atoms with van der Waals surface area (Å²) < 4.78 is 12.1. The molecule has 0 radical (unpaired) electrons. The molecule has 0 saturated carbocycles. The third-order valence-corrected chi connectivity index (χ3v) is 2.86. The Hall–Kier alpha value is -1.73. The lowest BCUT2D eigenvalue weighted by Gasteiger charge is -2.19. The van der Waals surface area contributed by atoms with Gasteiger partial charge in [-0.15, -0.1) is 0 Å². The highest BCUT2D eigenvalue weighted by Gasteiger charge is 2.16. The van der Waals surface area contributed by atoms with Crippen LogP contribution in [0, 0.1) is 0 Å². The molecule has 7 nitrogen and oxygen atoms in total. The lowest BCUT2D eigenvalue weighted by Crippen LogP contribution is -2.34. The molecule has 1 amide bonds. The molecule has 0 atom stereocenters. The fourth-order valence-corrected chi connectivity index (χ4v) is 2.14. The predicted octanol–water partition coefficient (Wildman–Crippen LogP) is 2.94. The van der Waals surface area contributed by atoms with Crippen molar-refractivity contribution in [3.05, 3.63) is 22.7 Å². The number of ether oxygens (including phenoxy) is 2. The van der Waals surface area contributed by atoms with Gasteiger partial charge in [0.05, 0.1) is 18.9 Å². The van der Waals surface area contributed by atoms with Gasteiger partial charge in [0.1, 0.15) is 22.9 Å². The molecule has 0 aliphatic carbocycles. The fourth-order valence-electron chi connectivity index (χ4n) is 1.65. The number of nitrogens with zero attached hydrogens (tertiary/aromatic N) is 3. The van der Waals surface area contributed by atoms with Crippen molar-refractivity contribution in [2.45, 2.75) is 26.4 Å². The van der Waals surface area contributed by atoms with Crippen LogP contribution >= 0.6 is 23.2 Å². The lowest BCUT2D eigenvalue weighted by molar-refractivity contribution is 0.0520. The van der Waals surface area contributed by atoms with Gasteiger partial charge in [0, 0.05) is 0 Å². The van der Waals surface area contributed by atoms with Gasteiger partial charge in [0.25, 0.3) is 0 Å². The van der Waals surface area contributed by atoms with E-state index in [0.717, 1.165) is 0 Å². The first-order chi connectivity index (χ1) is 10.3. The summed E-state index contributed by atoms with van der Waals surface area (Å²) in [4.78, 5) is 15.4. The van der Waals surface area contributed by atoms with Crippen molar-refractivity contribution >= 4 is 34.8 Å². The SMILES string of the molecule is CC(C)(C)OC(=O)NCCOc1cnn2cc(Cl)nc(Cl)c12. The monoisotopic (exact) mass is 346 g/mol. The Bertz CT molecular complexity index is 682. The summed E-state index contributed by atoms with van der Waals surface area (Å²) in [6.07, 6.45) is 2.53. The molecule has 0 spiro atoms. The predicted molar refractivity (Wildman–Crippen MR) is 82.7 cm³/mol. The smallest absolute Gasteiger partial charge is 0.407 e. The van der Waals surface area contributed by atoms with Crippen LogP contribution < -0.4 is 10.1 Å². The van der Waals surface area contributed by atoms with Crippen molar-refractivity contribution in [1.82, 2.24) is 19.9 Å². The minimum Gasteiger partial charge on any atom is -0.488 e. The number of carbonyl (C=O) groups excluding carboxylic acids is 1. The fraction of sp³-hybridized carbons (Fsp3) is 0.462. The number of nitrogens with one attached hydrogen (secondary N) is 1. The number of rotatable bonds is 4. The van der Waals surface area contributed by atoms with Crippen LogP contribution in [0.1, 0.15) is 20.8 Å². The Morgan fingerprint density at radius 2 is 2.14 bits per heavy atom. The van der Waals surface area contributed by atoms with Crippen molar-refractivity contribution < 1.29 is 14.3 Å². The summed E-state index contributed by atoms with van der Waals surface area (Å²) >= 11 is 11.8. The van der Waals surface area contributed by atoms with Crippen LogP contribution in [-0.4, -0.2) is 39.4 Å². The van der Waals surface area contributed by atoms with Gasteiger partial charge < -0.3 is 14.8 Å². The molecule has 0 aliphatic heterocycles. The molecule has 0 bridgehead atoms. The van der Waals surface area contributed by atoms with E-state index in [9.17, 15) is 4.79 Å². The topological polar surface area (TPSA) is 77.8 Å². The second-order valence-electron chi connectivity index (χ2n) is 5.43. The van der Waals surface area contributed by atoms with Gasteiger partial charge in [-0.1, -0.05) is 23.2 Å². The zero-order valence-electron chi connectivity index (χ0n) is 12.4. The maximum atomic E-state index is 11.5. The molecule has 1 N–H and O–H groups in total. The van der Waals surface area contributed by atoms with E-state index in [1.165, 1.54) is 16.9 Å². The highest BCUT2D eigenvalue weighted by molar-refractivity contribution is 6.34. The zero-order chi connectivity index (χ0) is 16.3. The van der Waals surface area contributed by atoms with Crippen LogP contribution in [-0.2, 0) is 4.74 Å². The normalized spacial score (nSPS) is 11.5. The van der Waals surface area contributed by atoms with Crippen molar-refractivity contribution in [2.75, 3.05) is 13.2 Å². The average Bonchev–Trinajstić information content (AvgIpc) is 2.75. The maximum absolute atomic E-state index is 11.5. The molecule has 0 saturated heterocycles. The second kappa shape index (κ2) is 6.58. The van der Waals surface area contributed by atoms with E-state index < -0.39 is 11.7 Å². The summed E-state index contributed by atoms with van der Waals surface area (Å²) in [6.45, 7) is 5.90. The number of hydrogen-bond donors (Lipinski definition) is 1. The standard InChI is InChI=1S/C13H16Cl2N4O3/c1-13(2,3)22-12(20)16-4-5-21-8-6-17-19-7-9(14)18-11(15)10(8)19/h6-7H,4-5H2,1-3H3,(H,16,20). The minimum absolute atomic E-state index is 0.195. The van der Waals surface area contributed by atoms with Crippen molar-refractivity contribution in [1.29, 1.82) is 0 Å². The first-order valence-electron chi connectivity index (χ1n) is 6.55. The number of alkyl carbamates (subject to hydrolysis) is 1. The van der Waals surface area contributed by atoms with E-state index in [0.29, 0.717) is 11.3 Å². The van der Waals surface area contributed by atoms with E-state index in [-0.39, 0.29) is 23.5 Å². The number of aromatic nitrogens is 3. The summed E-state index contributed by atoms with van der Waals surface area (Å²) in [5, 5.41) is 7.09. The number of amides is 1. The van der Waals surface area contributed by atoms with Crippen molar-refractivity contribution in [3.63, 3.8) is 0 Å². The molecule has 22 heavy (non-hydrogen) atoms. The maximum Gasteiger partial charge on any atom is 0.407 e. The Morgan fingerprint density at radius 3 is 2.82 bits per heavy atom. The number of fused-ring (bicyclic) bond motifs is 1. The van der Waals surface area contributed by atoms with Crippen LogP contribution in [0.2, 0.25) is 10.3 Å². The Kier molecular flexibility index (Phi) is 4.97. The highest BCUT2D eigenvalue weighted by atomic mass is 35.5. The quantitative estimate of drug-likeness (QED) is 0.861. The molecule has 2 aromatic rings. The van der Waals surface area contributed by atoms with E-state index >= 15 is 0 Å². The van der Waals surface area contributed by atoms with Gasteiger partial charge >= 0.3 is 6.09 Å². The number of hydrogen-bond acceptors (Lipinski definition) is 5. The molecule has 2 rings (SSSR count). The molecule has 9 heteroatoms. The van der Waals surface area contributed by atoms with Crippen LogP contribution in [0.3, 0.4) is 0 Å². The van der Waals surface area contributed by atoms with Crippen LogP contribution in [0.15, 0.2) is 12.4 Å². The third-order valence-electron chi connectivity index (χ3n) is 2.42. The van der Waals surface area contributed by atoms with E-state index in [1.54, 1.807) is 20.8 Å². The molecular formula is C13H16Cl2N4O3. The van der Waals surface area contributed by atoms with Crippen LogP contribution in [0.5, 0.6) is 5.75 Å². The van der Waals surface area contributed by atoms with Gasteiger partial charge in [0.2, 0.25) is 0 Å². The average molecular weight is 347 g/mol. The first-order valence-corrected chi connectivity index (χ1v) is 7.31. The summed E-state index contributed by atoms with van der Waals surface area (Å²) in [6, 6.07) is 0. The van der Waals surface area contributed by atoms with Gasteiger partial charge in [-0.05, 0) is 20.8 Å². The molecule has 0 aliphatic rings. The summed E-state index contributed by atoms with van der Waals surface area (Å²) in [7, 11) is 0. The molecular weight excluding hydrogens is 331 g/mol. The Balaban J connectivity index is 1.89. The summed E-state index contributed by atoms with van der Waals surface area (Å²) in [5.41, 5.74) is -0.0189. The minimum atomic E-state index is -0.536. The highest BCUT2D eigenvalue weighted by Crippen LogP contribution is 2.26. The molecule has 0 unspecified atom stereocenters. The molecule has 2 heterocycles. The van der Waals surface area contributed by atoms with Gasteiger partial charge in [-0.25, -0.2) is 14.3 Å². The van der Waals surface area contributed by atoms with Crippen LogP contribution in [0.25, 0.3) is 5.52 Å². The van der Waals surface area contributed by atoms with Gasteiger partial charge in [-0.3, -0.25) is 0 Å². The van der Waals surface area contributed by atoms with Crippen molar-refractivity contribution in [3.8, 4) is 5.75 Å². The number of halogens is 2. The lowest BCUT2D eigenvalue weighted by atomic mass is 10.2. The zero-order valence-corrected chi connectivity index (χ0v) is 13.9. The van der Waals surface area contributed by atoms with E-state index in [1.807, 2.05) is 0 Å².